The Morgan fingerprint density at radius 2 is 2.04 bits per heavy atom. The van der Waals surface area contributed by atoms with Crippen LogP contribution in [0.25, 0.3) is 27.1 Å². The first kappa shape index (κ1) is 16.5. The molecule has 1 N–H and O–H groups in total. The molecular formula is C16H14Cl2N6S. The van der Waals surface area contributed by atoms with E-state index in [1.165, 1.54) is 11.3 Å². The molecule has 0 amide bonds. The third-order valence-corrected chi connectivity index (χ3v) is 5.11. The third-order valence-electron chi connectivity index (χ3n) is 3.64. The van der Waals surface area contributed by atoms with Gasteiger partial charge in [0.15, 0.2) is 10.8 Å². The van der Waals surface area contributed by atoms with Crippen molar-refractivity contribution < 1.29 is 0 Å². The quantitative estimate of drug-likeness (QED) is 0.543. The van der Waals surface area contributed by atoms with Crippen LogP contribution >= 0.6 is 34.5 Å². The van der Waals surface area contributed by atoms with Crippen molar-refractivity contribution in [3.05, 3.63) is 40.0 Å². The molecular weight excluding hydrogens is 379 g/mol. The molecule has 9 heteroatoms. The molecule has 3 heterocycles. The van der Waals surface area contributed by atoms with E-state index in [-0.39, 0.29) is 0 Å². The number of halogens is 2. The molecule has 0 fully saturated rings. The smallest absolute Gasteiger partial charge is 0.235 e. The van der Waals surface area contributed by atoms with Gasteiger partial charge < -0.3 is 0 Å². The van der Waals surface area contributed by atoms with Crippen LogP contribution in [0.5, 0.6) is 0 Å². The second-order valence-electron chi connectivity index (χ2n) is 6.13. The zero-order valence-electron chi connectivity index (χ0n) is 13.5. The van der Waals surface area contributed by atoms with E-state index in [9.17, 15) is 0 Å². The molecule has 0 aliphatic heterocycles. The second kappa shape index (κ2) is 6.40. The maximum absolute atomic E-state index is 6.29. The Hall–Kier alpha value is -1.96. The first-order valence-electron chi connectivity index (χ1n) is 7.73. The number of fused-ring (bicyclic) bond motifs is 1. The van der Waals surface area contributed by atoms with Gasteiger partial charge in [0.2, 0.25) is 4.96 Å². The normalized spacial score (nSPS) is 11.7. The van der Waals surface area contributed by atoms with Gasteiger partial charge in [-0.25, -0.2) is 0 Å². The molecule has 0 spiro atoms. The molecule has 0 saturated carbocycles. The third kappa shape index (κ3) is 3.15. The van der Waals surface area contributed by atoms with E-state index >= 15 is 0 Å². The van der Waals surface area contributed by atoms with E-state index in [1.54, 1.807) is 16.6 Å². The number of aromatic amines is 1. The topological polar surface area (TPSA) is 71.8 Å². The van der Waals surface area contributed by atoms with Gasteiger partial charge in [0, 0.05) is 16.3 Å². The van der Waals surface area contributed by atoms with Crippen molar-refractivity contribution in [3.63, 3.8) is 0 Å². The summed E-state index contributed by atoms with van der Waals surface area (Å²) in [4.78, 5) is 0.685. The van der Waals surface area contributed by atoms with Crippen LogP contribution in [0.3, 0.4) is 0 Å². The highest BCUT2D eigenvalue weighted by Crippen LogP contribution is 2.32. The van der Waals surface area contributed by atoms with Gasteiger partial charge in [-0.3, -0.25) is 5.10 Å². The number of H-pyrrole nitrogens is 1. The van der Waals surface area contributed by atoms with Crippen molar-refractivity contribution in [2.45, 2.75) is 20.3 Å². The largest absolute Gasteiger partial charge is 0.282 e. The summed E-state index contributed by atoms with van der Waals surface area (Å²) in [5.41, 5.74) is 2.63. The Morgan fingerprint density at radius 3 is 2.80 bits per heavy atom. The van der Waals surface area contributed by atoms with Gasteiger partial charge in [-0.2, -0.15) is 14.7 Å². The molecule has 4 rings (SSSR count). The summed E-state index contributed by atoms with van der Waals surface area (Å²) in [6, 6.07) is 7.29. The standard InChI is InChI=1S/C16H14Cl2N6S/c1-8(2)5-10-7-13(20-19-10)15-23-24-14(21-22-16(24)25-15)11-4-3-9(17)6-12(11)18/h3-4,6-8H,5H2,1-2H3,(H,19,20). The van der Waals surface area contributed by atoms with Gasteiger partial charge in [0.05, 0.1) is 5.02 Å². The summed E-state index contributed by atoms with van der Waals surface area (Å²) in [7, 11) is 0. The Balaban J connectivity index is 1.74. The summed E-state index contributed by atoms with van der Waals surface area (Å²) >= 11 is 13.7. The fraction of sp³-hybridized carbons (Fsp3) is 0.250. The molecule has 0 bridgehead atoms. The van der Waals surface area contributed by atoms with Crippen LogP contribution in [0.15, 0.2) is 24.3 Å². The maximum Gasteiger partial charge on any atom is 0.235 e. The Labute approximate surface area is 157 Å². The van der Waals surface area contributed by atoms with Gasteiger partial charge >= 0.3 is 0 Å². The minimum atomic E-state index is 0.510. The number of rotatable bonds is 4. The summed E-state index contributed by atoms with van der Waals surface area (Å²) in [5.74, 6) is 1.14. The Morgan fingerprint density at radius 1 is 1.20 bits per heavy atom. The minimum Gasteiger partial charge on any atom is -0.282 e. The summed E-state index contributed by atoms with van der Waals surface area (Å²) < 4.78 is 1.69. The summed E-state index contributed by atoms with van der Waals surface area (Å²) in [6.45, 7) is 4.34. The highest BCUT2D eigenvalue weighted by molar-refractivity contribution is 7.19. The summed E-state index contributed by atoms with van der Waals surface area (Å²) in [5, 5.41) is 22.3. The molecule has 25 heavy (non-hydrogen) atoms. The lowest BCUT2D eigenvalue weighted by atomic mass is 10.1. The molecule has 0 radical (unpaired) electrons. The van der Waals surface area contributed by atoms with Crippen molar-refractivity contribution in [2.24, 2.45) is 5.92 Å². The van der Waals surface area contributed by atoms with Crippen molar-refractivity contribution in [2.75, 3.05) is 0 Å². The molecule has 0 atom stereocenters. The van der Waals surface area contributed by atoms with Crippen LogP contribution < -0.4 is 0 Å². The first-order valence-corrected chi connectivity index (χ1v) is 9.31. The van der Waals surface area contributed by atoms with Gasteiger partial charge in [0.25, 0.3) is 0 Å². The van der Waals surface area contributed by atoms with Crippen molar-refractivity contribution in [1.82, 2.24) is 30.0 Å². The van der Waals surface area contributed by atoms with E-state index in [1.807, 2.05) is 12.1 Å². The fourth-order valence-corrected chi connectivity index (χ4v) is 3.87. The van der Waals surface area contributed by atoms with E-state index in [4.69, 9.17) is 23.2 Å². The number of nitrogens with zero attached hydrogens (tertiary/aromatic N) is 5. The SMILES string of the molecule is CC(C)Cc1cc(-c2nn3c(-c4ccc(Cl)cc4Cl)nnc3s2)n[nH]1. The van der Waals surface area contributed by atoms with Crippen molar-refractivity contribution in [1.29, 1.82) is 0 Å². The fourth-order valence-electron chi connectivity index (χ4n) is 2.57. The molecule has 6 nitrogen and oxygen atoms in total. The lowest BCUT2D eigenvalue weighted by Gasteiger charge is -2.00. The highest BCUT2D eigenvalue weighted by Gasteiger charge is 2.18. The Bertz CT molecular complexity index is 1050. The molecule has 0 aliphatic rings. The number of hydrogen-bond donors (Lipinski definition) is 1. The number of aromatic nitrogens is 6. The van der Waals surface area contributed by atoms with Gasteiger partial charge in [-0.1, -0.05) is 48.4 Å². The van der Waals surface area contributed by atoms with Gasteiger partial charge in [-0.15, -0.1) is 10.2 Å². The van der Waals surface area contributed by atoms with Crippen LogP contribution in [0.1, 0.15) is 19.5 Å². The number of benzene rings is 1. The molecule has 128 valence electrons. The van der Waals surface area contributed by atoms with Crippen LogP contribution in [-0.4, -0.2) is 30.0 Å². The van der Waals surface area contributed by atoms with Gasteiger partial charge in [0.1, 0.15) is 5.69 Å². The highest BCUT2D eigenvalue weighted by atomic mass is 35.5. The number of hydrogen-bond acceptors (Lipinski definition) is 5. The van der Waals surface area contributed by atoms with E-state index in [0.29, 0.717) is 26.7 Å². The van der Waals surface area contributed by atoms with E-state index in [2.05, 4.69) is 39.3 Å². The van der Waals surface area contributed by atoms with Crippen molar-refractivity contribution in [3.8, 4) is 22.1 Å². The van der Waals surface area contributed by atoms with Crippen LogP contribution in [0.4, 0.5) is 0 Å². The van der Waals surface area contributed by atoms with E-state index < -0.39 is 0 Å². The molecule has 3 aromatic heterocycles. The zero-order valence-corrected chi connectivity index (χ0v) is 15.8. The average molecular weight is 393 g/mol. The molecule has 1 aromatic carbocycles. The molecule has 0 aliphatic carbocycles. The van der Waals surface area contributed by atoms with Crippen LogP contribution in [0.2, 0.25) is 10.0 Å². The molecule has 0 unspecified atom stereocenters. The average Bonchev–Trinajstić information content (AvgIpc) is 3.22. The predicted octanol–water partition coefficient (Wildman–Crippen LogP) is 4.75. The second-order valence-corrected chi connectivity index (χ2v) is 7.93. The summed E-state index contributed by atoms with van der Waals surface area (Å²) in [6.07, 6.45) is 0.947. The Kier molecular flexibility index (Phi) is 4.23. The monoisotopic (exact) mass is 392 g/mol. The van der Waals surface area contributed by atoms with Crippen LogP contribution in [-0.2, 0) is 6.42 Å². The lowest BCUT2D eigenvalue weighted by Crippen LogP contribution is -1.93. The number of nitrogens with one attached hydrogen (secondary N) is 1. The zero-order chi connectivity index (χ0) is 17.6. The molecule has 0 saturated heterocycles. The molecule has 4 aromatic rings. The first-order chi connectivity index (χ1) is 12.0. The predicted molar refractivity (Wildman–Crippen MR) is 100 cm³/mol. The minimum absolute atomic E-state index is 0.510. The van der Waals surface area contributed by atoms with Crippen molar-refractivity contribution >= 4 is 39.5 Å². The van der Waals surface area contributed by atoms with E-state index in [0.717, 1.165) is 28.4 Å². The van der Waals surface area contributed by atoms with Gasteiger partial charge in [-0.05, 0) is 36.6 Å². The maximum atomic E-state index is 6.29. The lowest BCUT2D eigenvalue weighted by molar-refractivity contribution is 0.633. The van der Waals surface area contributed by atoms with Crippen LogP contribution in [0, 0.1) is 5.92 Å².